The number of halogens is 3. The summed E-state index contributed by atoms with van der Waals surface area (Å²) in [5, 5.41) is 5.05. The normalized spacial score (nSPS) is 19.1. The molecule has 0 aliphatic carbocycles. The first kappa shape index (κ1) is 21.4. The van der Waals surface area contributed by atoms with E-state index in [1.807, 2.05) is 35.9 Å². The van der Waals surface area contributed by atoms with Gasteiger partial charge in [-0.25, -0.2) is 22.7 Å². The molecule has 1 atom stereocenters. The van der Waals surface area contributed by atoms with Gasteiger partial charge in [-0.1, -0.05) is 6.92 Å². The molecule has 4 heterocycles. The zero-order chi connectivity index (χ0) is 23.2. The third kappa shape index (κ3) is 3.73. The lowest BCUT2D eigenvalue weighted by Gasteiger charge is -2.40. The summed E-state index contributed by atoms with van der Waals surface area (Å²) in [7, 11) is 0. The van der Waals surface area contributed by atoms with Gasteiger partial charge in [0.25, 0.3) is 18.1 Å². The van der Waals surface area contributed by atoms with E-state index in [-0.39, 0.29) is 23.9 Å². The van der Waals surface area contributed by atoms with Crippen molar-refractivity contribution in [3.63, 3.8) is 0 Å². The highest BCUT2D eigenvalue weighted by molar-refractivity contribution is 5.98. The summed E-state index contributed by atoms with van der Waals surface area (Å²) in [6, 6.07) is 8.64. The number of carbonyl (C=O) groups excluding carboxylic acids is 1. The summed E-state index contributed by atoms with van der Waals surface area (Å²) in [6.07, 6.45) is 1.81. The van der Waals surface area contributed by atoms with E-state index < -0.39 is 18.5 Å². The number of likely N-dealkylation sites (tertiary alicyclic amines) is 1. The summed E-state index contributed by atoms with van der Waals surface area (Å²) < 4.78 is 43.0. The van der Waals surface area contributed by atoms with Crippen LogP contribution in [0.25, 0.3) is 16.7 Å². The molecule has 1 aliphatic rings. The fourth-order valence-electron chi connectivity index (χ4n) is 4.80. The highest BCUT2D eigenvalue weighted by Crippen LogP contribution is 2.35. The predicted octanol–water partition coefficient (Wildman–Crippen LogP) is 4.18. The minimum Gasteiger partial charge on any atom is -0.345 e. The van der Waals surface area contributed by atoms with E-state index in [4.69, 9.17) is 0 Å². The number of fused-ring (bicyclic) bond motifs is 2. The molecule has 7 nitrogen and oxygen atoms in total. The molecule has 1 aromatic carbocycles. The van der Waals surface area contributed by atoms with Crippen LogP contribution in [0.3, 0.4) is 0 Å². The first-order chi connectivity index (χ1) is 15.9. The van der Waals surface area contributed by atoms with Crippen molar-refractivity contribution in [3.8, 4) is 0 Å². The average molecular weight is 456 g/mol. The van der Waals surface area contributed by atoms with Crippen molar-refractivity contribution in [1.29, 1.82) is 0 Å². The Balaban J connectivity index is 1.46. The maximum atomic E-state index is 13.5. The van der Waals surface area contributed by atoms with Crippen LogP contribution in [-0.4, -0.2) is 54.7 Å². The molecule has 5 rings (SSSR count). The Labute approximate surface area is 187 Å². The molecule has 3 aromatic heterocycles. The monoisotopic (exact) mass is 456 g/mol. The number of alkyl halides is 3. The summed E-state index contributed by atoms with van der Waals surface area (Å²) in [6.45, 7) is 2.69. The lowest BCUT2D eigenvalue weighted by molar-refractivity contribution is 0.0645. The Morgan fingerprint density at radius 2 is 2.09 bits per heavy atom. The van der Waals surface area contributed by atoms with Gasteiger partial charge in [0.05, 0.1) is 12.2 Å². The van der Waals surface area contributed by atoms with E-state index in [2.05, 4.69) is 15.1 Å². The van der Waals surface area contributed by atoms with E-state index in [9.17, 15) is 18.0 Å². The van der Waals surface area contributed by atoms with Crippen LogP contribution in [0, 0.1) is 0 Å². The maximum Gasteiger partial charge on any atom is 0.280 e. The van der Waals surface area contributed by atoms with Crippen LogP contribution in [0.1, 0.15) is 47.9 Å². The molecule has 4 aromatic rings. The van der Waals surface area contributed by atoms with Crippen LogP contribution in [-0.2, 0) is 12.0 Å². The Bertz CT molecular complexity index is 1330. The number of carbonyl (C=O) groups is 1. The van der Waals surface area contributed by atoms with Gasteiger partial charge in [0.1, 0.15) is 18.7 Å². The quantitative estimate of drug-likeness (QED) is 0.452. The number of benzene rings is 1. The Morgan fingerprint density at radius 3 is 2.88 bits per heavy atom. The Hall–Kier alpha value is -3.43. The van der Waals surface area contributed by atoms with E-state index in [0.717, 1.165) is 17.3 Å². The molecule has 1 aliphatic heterocycles. The van der Waals surface area contributed by atoms with Crippen molar-refractivity contribution in [3.05, 3.63) is 59.8 Å². The third-order valence-electron chi connectivity index (χ3n) is 6.44. The molecule has 1 amide bonds. The molecule has 172 valence electrons. The molecule has 0 bridgehead atoms. The Kier molecular flexibility index (Phi) is 5.30. The molecule has 0 spiro atoms. The van der Waals surface area contributed by atoms with Crippen molar-refractivity contribution in [2.75, 3.05) is 19.8 Å². The van der Waals surface area contributed by atoms with Gasteiger partial charge >= 0.3 is 0 Å². The summed E-state index contributed by atoms with van der Waals surface area (Å²) >= 11 is 0. The van der Waals surface area contributed by atoms with Gasteiger partial charge in [-0.05, 0) is 43.2 Å². The van der Waals surface area contributed by atoms with Gasteiger partial charge in [-0.3, -0.25) is 4.79 Å². The summed E-state index contributed by atoms with van der Waals surface area (Å²) in [5.41, 5.74) is 1.03. The fourth-order valence-corrected chi connectivity index (χ4v) is 4.80. The van der Waals surface area contributed by atoms with Gasteiger partial charge in [0, 0.05) is 41.2 Å². The fraction of sp³-hybridized carbons (Fsp3) is 0.391. The zero-order valence-electron chi connectivity index (χ0n) is 18.1. The lowest BCUT2D eigenvalue weighted by Crippen LogP contribution is -2.48. The number of hydrogen-bond acceptors (Lipinski definition) is 4. The molecule has 1 unspecified atom stereocenters. The van der Waals surface area contributed by atoms with E-state index in [0.29, 0.717) is 30.8 Å². The highest BCUT2D eigenvalue weighted by Gasteiger charge is 2.38. The number of rotatable bonds is 5. The van der Waals surface area contributed by atoms with Gasteiger partial charge in [-0.15, -0.1) is 0 Å². The van der Waals surface area contributed by atoms with Gasteiger partial charge in [0.2, 0.25) is 0 Å². The van der Waals surface area contributed by atoms with Crippen LogP contribution in [0.2, 0.25) is 0 Å². The number of amides is 1. The molecule has 33 heavy (non-hydrogen) atoms. The van der Waals surface area contributed by atoms with Crippen LogP contribution in [0.5, 0.6) is 0 Å². The topological polar surface area (TPSA) is 68.3 Å². The van der Waals surface area contributed by atoms with Gasteiger partial charge in [-0.2, -0.15) is 10.1 Å². The van der Waals surface area contributed by atoms with Crippen molar-refractivity contribution in [1.82, 2.24) is 29.0 Å². The van der Waals surface area contributed by atoms with Crippen LogP contribution >= 0.6 is 0 Å². The summed E-state index contributed by atoms with van der Waals surface area (Å²) in [4.78, 5) is 23.0. The molecule has 1 fully saturated rings. The molecular weight excluding hydrogens is 433 g/mol. The van der Waals surface area contributed by atoms with Crippen molar-refractivity contribution in [2.24, 2.45) is 0 Å². The van der Waals surface area contributed by atoms with Crippen LogP contribution in [0.15, 0.2) is 42.9 Å². The SMILES string of the molecule is CC1(c2cc(C(F)F)nc3ncnn23)CCCN(C(=O)c2ccc3c(ccn3CCF)c2)C1. The molecule has 1 saturated heterocycles. The predicted molar refractivity (Wildman–Crippen MR) is 116 cm³/mol. The van der Waals surface area contributed by atoms with E-state index in [1.54, 1.807) is 11.0 Å². The largest absolute Gasteiger partial charge is 0.345 e. The number of nitrogens with zero attached hydrogens (tertiary/aromatic N) is 6. The zero-order valence-corrected chi connectivity index (χ0v) is 18.1. The highest BCUT2D eigenvalue weighted by atomic mass is 19.3. The third-order valence-corrected chi connectivity index (χ3v) is 6.44. The number of aromatic nitrogens is 5. The second-order valence-corrected chi connectivity index (χ2v) is 8.70. The molecule has 0 N–H and O–H groups in total. The van der Waals surface area contributed by atoms with Crippen LogP contribution in [0.4, 0.5) is 13.2 Å². The first-order valence-corrected chi connectivity index (χ1v) is 10.8. The molecule has 0 radical (unpaired) electrons. The van der Waals surface area contributed by atoms with Gasteiger partial charge < -0.3 is 9.47 Å². The first-order valence-electron chi connectivity index (χ1n) is 10.8. The molecular formula is C23H23F3N6O. The maximum absolute atomic E-state index is 13.5. The number of piperidine rings is 1. The smallest absolute Gasteiger partial charge is 0.280 e. The number of aryl methyl sites for hydroxylation is 1. The standard InChI is InChI=1S/C23H23F3N6O/c1-23(19-12-17(20(25)26)29-22-27-14-28-32(19)22)6-2-8-31(13-23)21(33)16-3-4-18-15(11-16)5-9-30(18)10-7-24/h3-5,9,11-12,14,20H,2,6-8,10,13H2,1H3. The van der Waals surface area contributed by atoms with Crippen molar-refractivity contribution in [2.45, 2.75) is 38.2 Å². The van der Waals surface area contributed by atoms with Crippen molar-refractivity contribution >= 4 is 22.6 Å². The molecule has 0 saturated carbocycles. The van der Waals surface area contributed by atoms with E-state index in [1.165, 1.54) is 16.9 Å². The lowest BCUT2D eigenvalue weighted by atomic mass is 9.78. The van der Waals surface area contributed by atoms with Crippen molar-refractivity contribution < 1.29 is 18.0 Å². The van der Waals surface area contributed by atoms with Crippen LogP contribution < -0.4 is 0 Å². The molecule has 10 heteroatoms. The number of hydrogen-bond donors (Lipinski definition) is 0. The second-order valence-electron chi connectivity index (χ2n) is 8.70. The van der Waals surface area contributed by atoms with E-state index >= 15 is 0 Å². The minimum absolute atomic E-state index is 0.121. The summed E-state index contributed by atoms with van der Waals surface area (Å²) in [5.74, 6) is -0.00485. The minimum atomic E-state index is -2.73. The average Bonchev–Trinajstić information content (AvgIpc) is 3.44. The van der Waals surface area contributed by atoms with Gasteiger partial charge in [0.15, 0.2) is 0 Å². The second kappa shape index (κ2) is 8.17. The Morgan fingerprint density at radius 1 is 1.24 bits per heavy atom.